The molecule has 0 atom stereocenters. The summed E-state index contributed by atoms with van der Waals surface area (Å²) >= 11 is 8.56. The maximum Gasteiger partial charge on any atom is 0.146 e. The van der Waals surface area contributed by atoms with E-state index in [-0.39, 0.29) is 0 Å². The highest BCUT2D eigenvalue weighted by molar-refractivity contribution is 14.1. The summed E-state index contributed by atoms with van der Waals surface area (Å²) in [6.07, 6.45) is 9.13. The van der Waals surface area contributed by atoms with Gasteiger partial charge in [0.25, 0.3) is 0 Å². The Kier molecular flexibility index (Phi) is 5.87. The molecule has 0 aliphatic heterocycles. The minimum absolute atomic E-state index is 0.403. The molecule has 1 aromatic heterocycles. The number of aromatic nitrogens is 2. The number of nitrogens with zero attached hydrogens (tertiary/aromatic N) is 2. The van der Waals surface area contributed by atoms with Crippen LogP contribution in [0, 0.1) is 3.57 Å². The lowest BCUT2D eigenvalue weighted by Crippen LogP contribution is -2.11. The van der Waals surface area contributed by atoms with E-state index in [9.17, 15) is 0 Å². The fraction of sp³-hybridized carbons (Fsp3) is 0.733. The van der Waals surface area contributed by atoms with Crippen LogP contribution in [0.4, 0.5) is 0 Å². The van der Waals surface area contributed by atoms with Crippen LogP contribution >= 0.6 is 34.2 Å². The van der Waals surface area contributed by atoms with Crippen LogP contribution in [0.3, 0.4) is 0 Å². The van der Waals surface area contributed by atoms with Crippen LogP contribution in [0.25, 0.3) is 0 Å². The molecule has 0 aromatic carbocycles. The molecule has 0 amide bonds. The van der Waals surface area contributed by atoms with Crippen molar-refractivity contribution in [3.63, 3.8) is 0 Å². The first kappa shape index (κ1) is 15.5. The van der Waals surface area contributed by atoms with Gasteiger partial charge in [0.2, 0.25) is 0 Å². The molecular formula is C15H22ClIN2. The fourth-order valence-corrected chi connectivity index (χ4v) is 3.78. The van der Waals surface area contributed by atoms with Crippen LogP contribution in [0.5, 0.6) is 0 Å². The van der Waals surface area contributed by atoms with Crippen LogP contribution in [0.15, 0.2) is 0 Å². The van der Waals surface area contributed by atoms with Crippen molar-refractivity contribution in [1.82, 2.24) is 9.97 Å². The lowest BCUT2D eigenvalue weighted by Gasteiger charge is -2.20. The molecule has 106 valence electrons. The molecule has 1 aromatic rings. The molecule has 2 rings (SSSR count). The molecule has 4 heteroatoms. The predicted octanol–water partition coefficient (Wildman–Crippen LogP) is 5.69. The molecule has 2 nitrogen and oxygen atoms in total. The largest absolute Gasteiger partial charge is 0.236 e. The van der Waals surface area contributed by atoms with E-state index in [1.54, 1.807) is 0 Å². The second kappa shape index (κ2) is 7.21. The van der Waals surface area contributed by atoms with E-state index >= 15 is 0 Å². The Bertz CT molecular complexity index is 426. The Balaban J connectivity index is 2.27. The molecule has 0 unspecified atom stereocenters. The third kappa shape index (κ3) is 4.03. The summed E-state index contributed by atoms with van der Waals surface area (Å²) in [5, 5.41) is 0.636. The van der Waals surface area contributed by atoms with Crippen molar-refractivity contribution in [2.24, 2.45) is 0 Å². The molecule has 1 fully saturated rings. The second-order valence-corrected chi connectivity index (χ2v) is 7.21. The Labute approximate surface area is 134 Å². The number of hydrogen-bond acceptors (Lipinski definition) is 2. The van der Waals surface area contributed by atoms with Gasteiger partial charge in [0.15, 0.2) is 0 Å². The molecule has 0 bridgehead atoms. The van der Waals surface area contributed by atoms with Crippen molar-refractivity contribution in [1.29, 1.82) is 0 Å². The molecular weight excluding hydrogens is 371 g/mol. The molecule has 1 saturated carbocycles. The van der Waals surface area contributed by atoms with Gasteiger partial charge in [-0.3, -0.25) is 0 Å². The Morgan fingerprint density at radius 3 is 2.21 bits per heavy atom. The van der Waals surface area contributed by atoms with Crippen molar-refractivity contribution >= 4 is 34.2 Å². The highest BCUT2D eigenvalue weighted by Gasteiger charge is 2.20. The Hall–Kier alpha value is 0.100. The molecule has 19 heavy (non-hydrogen) atoms. The van der Waals surface area contributed by atoms with Gasteiger partial charge in [-0.2, -0.15) is 0 Å². The fourth-order valence-electron chi connectivity index (χ4n) is 2.73. The average molecular weight is 393 g/mol. The highest BCUT2D eigenvalue weighted by Crippen LogP contribution is 2.32. The van der Waals surface area contributed by atoms with Gasteiger partial charge in [0, 0.05) is 5.92 Å². The number of rotatable bonds is 2. The lowest BCUT2D eigenvalue weighted by molar-refractivity contribution is 0.440. The van der Waals surface area contributed by atoms with Gasteiger partial charge in [-0.25, -0.2) is 9.97 Å². The summed E-state index contributed by atoms with van der Waals surface area (Å²) < 4.78 is 1.02. The zero-order chi connectivity index (χ0) is 13.8. The van der Waals surface area contributed by atoms with Crippen LogP contribution in [0.1, 0.15) is 82.1 Å². The second-order valence-electron chi connectivity index (χ2n) is 5.77. The van der Waals surface area contributed by atoms with Crippen molar-refractivity contribution < 1.29 is 0 Å². The predicted molar refractivity (Wildman–Crippen MR) is 88.9 cm³/mol. The zero-order valence-electron chi connectivity index (χ0n) is 11.8. The minimum Gasteiger partial charge on any atom is -0.236 e. The van der Waals surface area contributed by atoms with E-state index in [1.165, 1.54) is 44.9 Å². The lowest BCUT2D eigenvalue weighted by atomic mass is 9.90. The van der Waals surface area contributed by atoms with Gasteiger partial charge in [0.1, 0.15) is 11.0 Å². The third-order valence-corrected chi connectivity index (χ3v) is 5.53. The normalized spacial score (nSPS) is 18.4. The van der Waals surface area contributed by atoms with E-state index in [0.717, 1.165) is 15.1 Å². The average Bonchev–Trinajstić information content (AvgIpc) is 2.32. The smallest absolute Gasteiger partial charge is 0.146 e. The summed E-state index contributed by atoms with van der Waals surface area (Å²) in [5.74, 6) is 1.89. The highest BCUT2D eigenvalue weighted by atomic mass is 127. The molecule has 0 N–H and O–H groups in total. The van der Waals surface area contributed by atoms with E-state index in [1.807, 2.05) is 0 Å². The summed E-state index contributed by atoms with van der Waals surface area (Å²) in [6.45, 7) is 4.34. The Morgan fingerprint density at radius 2 is 1.63 bits per heavy atom. The van der Waals surface area contributed by atoms with Crippen LogP contribution in [-0.4, -0.2) is 9.97 Å². The summed E-state index contributed by atoms with van der Waals surface area (Å²) in [4.78, 5) is 9.38. The minimum atomic E-state index is 0.403. The first-order chi connectivity index (χ1) is 9.09. The standard InChI is InChI=1S/C15H22ClIN2/c1-10(2)13-12(17)14(16)19-15(18-13)11-8-6-4-3-5-7-9-11/h10-11H,3-9H2,1-2H3. The third-order valence-electron chi connectivity index (χ3n) is 3.87. The van der Waals surface area contributed by atoms with Gasteiger partial charge in [-0.1, -0.05) is 57.6 Å². The van der Waals surface area contributed by atoms with Crippen LogP contribution in [0.2, 0.25) is 5.15 Å². The number of halogens is 2. The SMILES string of the molecule is CC(C)c1nc(C2CCCCCCC2)nc(Cl)c1I. The zero-order valence-corrected chi connectivity index (χ0v) is 14.7. The molecule has 0 radical (unpaired) electrons. The first-order valence-corrected chi connectivity index (χ1v) is 8.78. The topological polar surface area (TPSA) is 25.8 Å². The van der Waals surface area contributed by atoms with Gasteiger partial charge >= 0.3 is 0 Å². The molecule has 0 saturated heterocycles. The summed E-state index contributed by atoms with van der Waals surface area (Å²) in [6, 6.07) is 0. The van der Waals surface area contributed by atoms with Crippen molar-refractivity contribution in [3.8, 4) is 0 Å². The van der Waals surface area contributed by atoms with Gasteiger partial charge in [-0.15, -0.1) is 0 Å². The van der Waals surface area contributed by atoms with E-state index in [0.29, 0.717) is 17.0 Å². The summed E-state index contributed by atoms with van der Waals surface area (Å²) in [5.41, 5.74) is 1.11. The Morgan fingerprint density at radius 1 is 1.05 bits per heavy atom. The van der Waals surface area contributed by atoms with Crippen LogP contribution < -0.4 is 0 Å². The number of hydrogen-bond donors (Lipinski definition) is 0. The van der Waals surface area contributed by atoms with E-state index in [4.69, 9.17) is 16.6 Å². The van der Waals surface area contributed by atoms with E-state index < -0.39 is 0 Å². The summed E-state index contributed by atoms with van der Waals surface area (Å²) in [7, 11) is 0. The first-order valence-electron chi connectivity index (χ1n) is 7.32. The van der Waals surface area contributed by atoms with Gasteiger partial charge in [-0.05, 0) is 41.4 Å². The van der Waals surface area contributed by atoms with E-state index in [2.05, 4.69) is 41.4 Å². The van der Waals surface area contributed by atoms with Gasteiger partial charge < -0.3 is 0 Å². The van der Waals surface area contributed by atoms with Crippen LogP contribution in [-0.2, 0) is 0 Å². The molecule has 0 spiro atoms. The molecule has 1 aliphatic carbocycles. The van der Waals surface area contributed by atoms with Crippen molar-refractivity contribution in [2.45, 2.75) is 70.6 Å². The van der Waals surface area contributed by atoms with Crippen molar-refractivity contribution in [3.05, 3.63) is 20.2 Å². The monoisotopic (exact) mass is 392 g/mol. The molecule has 1 heterocycles. The maximum absolute atomic E-state index is 6.30. The maximum atomic E-state index is 6.30. The van der Waals surface area contributed by atoms with Crippen molar-refractivity contribution in [2.75, 3.05) is 0 Å². The quantitative estimate of drug-likeness (QED) is 0.477. The molecule has 1 aliphatic rings. The van der Waals surface area contributed by atoms with Gasteiger partial charge in [0.05, 0.1) is 9.26 Å².